The Bertz CT molecular complexity index is 482. The lowest BCUT2D eigenvalue weighted by Gasteiger charge is -2.48. The van der Waals surface area contributed by atoms with E-state index in [2.05, 4.69) is 25.9 Å². The molecule has 3 nitrogen and oxygen atoms in total. The van der Waals surface area contributed by atoms with Crippen LogP contribution in [0.3, 0.4) is 0 Å². The summed E-state index contributed by atoms with van der Waals surface area (Å²) in [6, 6.07) is 4.64. The molecule has 1 unspecified atom stereocenters. The molecule has 0 spiro atoms. The highest BCUT2D eigenvalue weighted by molar-refractivity contribution is 5.32. The first-order valence-electron chi connectivity index (χ1n) is 7.67. The van der Waals surface area contributed by atoms with E-state index in [-0.39, 0.29) is 17.4 Å². The third kappa shape index (κ3) is 3.06. The van der Waals surface area contributed by atoms with Crippen LogP contribution in [-0.2, 0) is 0 Å². The lowest BCUT2D eigenvalue weighted by atomic mass is 9.70. The van der Waals surface area contributed by atoms with Gasteiger partial charge in [0.1, 0.15) is 11.6 Å². The van der Waals surface area contributed by atoms with Gasteiger partial charge in [0.15, 0.2) is 0 Å². The summed E-state index contributed by atoms with van der Waals surface area (Å²) in [5.41, 5.74) is 6.94. The van der Waals surface area contributed by atoms with Crippen LogP contribution in [0.2, 0.25) is 0 Å². The molecule has 0 amide bonds. The van der Waals surface area contributed by atoms with Gasteiger partial charge in [-0.3, -0.25) is 0 Å². The van der Waals surface area contributed by atoms with Gasteiger partial charge in [-0.05, 0) is 51.8 Å². The number of methoxy groups -OCH3 is 1. The van der Waals surface area contributed by atoms with Crippen LogP contribution in [0.1, 0.15) is 44.2 Å². The van der Waals surface area contributed by atoms with Crippen molar-refractivity contribution in [2.75, 3.05) is 21.2 Å². The fourth-order valence-corrected chi connectivity index (χ4v) is 3.47. The van der Waals surface area contributed by atoms with E-state index in [4.69, 9.17) is 10.5 Å². The molecule has 0 heterocycles. The second-order valence-electron chi connectivity index (χ2n) is 6.55. The number of hydrogen-bond acceptors (Lipinski definition) is 3. The molecule has 1 saturated carbocycles. The summed E-state index contributed by atoms with van der Waals surface area (Å²) in [6.07, 6.45) is 4.30. The van der Waals surface area contributed by atoms with Crippen molar-refractivity contribution in [2.24, 2.45) is 11.7 Å². The van der Waals surface area contributed by atoms with E-state index < -0.39 is 0 Å². The maximum atomic E-state index is 14.4. The standard InChI is InChI=1S/C17H27FN2O/c1-12-7-9-17(10-8-12,20(2)3)16(19)14-6-5-13(21-4)11-15(14)18/h5-6,11-12,16H,7-10,19H2,1-4H3. The number of rotatable bonds is 4. The molecule has 0 aliphatic heterocycles. The maximum Gasteiger partial charge on any atom is 0.131 e. The number of ether oxygens (including phenoxy) is 1. The van der Waals surface area contributed by atoms with Crippen molar-refractivity contribution < 1.29 is 9.13 Å². The molecule has 2 N–H and O–H groups in total. The van der Waals surface area contributed by atoms with E-state index in [1.54, 1.807) is 12.1 Å². The second-order valence-corrected chi connectivity index (χ2v) is 6.55. The molecule has 1 aliphatic carbocycles. The summed E-state index contributed by atoms with van der Waals surface area (Å²) >= 11 is 0. The quantitative estimate of drug-likeness (QED) is 0.925. The molecule has 0 aromatic heterocycles. The summed E-state index contributed by atoms with van der Waals surface area (Å²) in [6.45, 7) is 2.28. The minimum absolute atomic E-state index is 0.165. The Morgan fingerprint density at radius 2 is 1.95 bits per heavy atom. The van der Waals surface area contributed by atoms with Crippen LogP contribution in [-0.4, -0.2) is 31.6 Å². The molecule has 21 heavy (non-hydrogen) atoms. The van der Waals surface area contributed by atoms with Gasteiger partial charge in [-0.2, -0.15) is 0 Å². The average Bonchev–Trinajstić information content (AvgIpc) is 2.47. The second kappa shape index (κ2) is 6.32. The van der Waals surface area contributed by atoms with Crippen molar-refractivity contribution in [3.05, 3.63) is 29.6 Å². The SMILES string of the molecule is COc1ccc(C(N)C2(N(C)C)CCC(C)CC2)c(F)c1. The number of nitrogens with zero attached hydrogens (tertiary/aromatic N) is 1. The Kier molecular flexibility index (Phi) is 4.89. The Hall–Kier alpha value is -1.13. The number of halogens is 1. The van der Waals surface area contributed by atoms with E-state index >= 15 is 0 Å². The lowest BCUT2D eigenvalue weighted by molar-refractivity contribution is 0.0553. The molecule has 118 valence electrons. The molecule has 4 heteroatoms. The van der Waals surface area contributed by atoms with E-state index in [1.807, 2.05) is 0 Å². The van der Waals surface area contributed by atoms with Crippen LogP contribution in [0.4, 0.5) is 4.39 Å². The van der Waals surface area contributed by atoms with Crippen molar-refractivity contribution in [3.8, 4) is 5.75 Å². The average molecular weight is 294 g/mol. The van der Waals surface area contributed by atoms with Gasteiger partial charge in [-0.15, -0.1) is 0 Å². The Labute approximate surface area is 127 Å². The molecular weight excluding hydrogens is 267 g/mol. The lowest BCUT2D eigenvalue weighted by Crippen LogP contribution is -2.54. The first kappa shape index (κ1) is 16.2. The Morgan fingerprint density at radius 3 is 2.43 bits per heavy atom. The van der Waals surface area contributed by atoms with Gasteiger partial charge in [-0.25, -0.2) is 4.39 Å². The predicted octanol–water partition coefficient (Wildman–Crippen LogP) is 3.34. The number of likely N-dealkylation sites (N-methyl/N-ethyl adjacent to an activating group) is 1. The fourth-order valence-electron chi connectivity index (χ4n) is 3.47. The van der Waals surface area contributed by atoms with Crippen LogP contribution in [0, 0.1) is 11.7 Å². The highest BCUT2D eigenvalue weighted by Gasteiger charge is 2.42. The van der Waals surface area contributed by atoms with Crippen molar-refractivity contribution in [1.29, 1.82) is 0 Å². The summed E-state index contributed by atoms with van der Waals surface area (Å²) in [5, 5.41) is 0. The zero-order valence-electron chi connectivity index (χ0n) is 13.5. The van der Waals surface area contributed by atoms with Crippen LogP contribution < -0.4 is 10.5 Å². The van der Waals surface area contributed by atoms with Crippen LogP contribution in [0.5, 0.6) is 5.75 Å². The van der Waals surface area contributed by atoms with Crippen LogP contribution in [0.25, 0.3) is 0 Å². The van der Waals surface area contributed by atoms with Gasteiger partial charge in [0.25, 0.3) is 0 Å². The van der Waals surface area contributed by atoms with Crippen molar-refractivity contribution in [1.82, 2.24) is 4.90 Å². The predicted molar refractivity (Wildman–Crippen MR) is 83.9 cm³/mol. The third-order valence-corrected chi connectivity index (χ3v) is 5.15. The molecule has 2 rings (SSSR count). The van der Waals surface area contributed by atoms with E-state index in [0.717, 1.165) is 31.6 Å². The molecular formula is C17H27FN2O. The Morgan fingerprint density at radius 1 is 1.33 bits per heavy atom. The van der Waals surface area contributed by atoms with Crippen LogP contribution in [0.15, 0.2) is 18.2 Å². The van der Waals surface area contributed by atoms with Gasteiger partial charge >= 0.3 is 0 Å². The van der Waals surface area contributed by atoms with Gasteiger partial charge < -0.3 is 15.4 Å². The first-order chi connectivity index (χ1) is 9.90. The summed E-state index contributed by atoms with van der Waals surface area (Å²) in [7, 11) is 5.65. The van der Waals surface area contributed by atoms with E-state index in [0.29, 0.717) is 11.3 Å². The number of nitrogens with two attached hydrogens (primary N) is 1. The minimum Gasteiger partial charge on any atom is -0.497 e. The molecule has 1 fully saturated rings. The molecule has 1 aliphatic rings. The molecule has 0 saturated heterocycles. The monoisotopic (exact) mass is 294 g/mol. The van der Waals surface area contributed by atoms with Crippen molar-refractivity contribution in [3.63, 3.8) is 0 Å². The zero-order valence-corrected chi connectivity index (χ0v) is 13.5. The largest absolute Gasteiger partial charge is 0.497 e. The smallest absolute Gasteiger partial charge is 0.131 e. The van der Waals surface area contributed by atoms with Crippen molar-refractivity contribution in [2.45, 2.75) is 44.2 Å². The van der Waals surface area contributed by atoms with E-state index in [9.17, 15) is 4.39 Å². The van der Waals surface area contributed by atoms with Gasteiger partial charge in [0.2, 0.25) is 0 Å². The summed E-state index contributed by atoms with van der Waals surface area (Å²) in [5.74, 6) is 0.979. The van der Waals surface area contributed by atoms with Crippen molar-refractivity contribution >= 4 is 0 Å². The topological polar surface area (TPSA) is 38.5 Å². The normalized spacial score (nSPS) is 27.7. The number of hydrogen-bond donors (Lipinski definition) is 1. The molecule has 1 atom stereocenters. The third-order valence-electron chi connectivity index (χ3n) is 5.15. The minimum atomic E-state index is -0.328. The molecule has 0 radical (unpaired) electrons. The molecule has 1 aromatic rings. The Balaban J connectivity index is 2.33. The highest BCUT2D eigenvalue weighted by atomic mass is 19.1. The zero-order chi connectivity index (χ0) is 15.6. The highest BCUT2D eigenvalue weighted by Crippen LogP contribution is 2.43. The molecule has 1 aromatic carbocycles. The first-order valence-corrected chi connectivity index (χ1v) is 7.67. The van der Waals surface area contributed by atoms with Gasteiger partial charge in [0, 0.05) is 17.2 Å². The summed E-state index contributed by atoms with van der Waals surface area (Å²) < 4.78 is 19.4. The number of benzene rings is 1. The maximum absolute atomic E-state index is 14.4. The van der Waals surface area contributed by atoms with Crippen LogP contribution >= 0.6 is 0 Å². The van der Waals surface area contributed by atoms with Gasteiger partial charge in [-0.1, -0.05) is 13.0 Å². The fraction of sp³-hybridized carbons (Fsp3) is 0.647. The summed E-state index contributed by atoms with van der Waals surface area (Å²) in [4.78, 5) is 2.19. The molecule has 0 bridgehead atoms. The van der Waals surface area contributed by atoms with Gasteiger partial charge in [0.05, 0.1) is 13.2 Å². The van der Waals surface area contributed by atoms with E-state index in [1.165, 1.54) is 13.2 Å².